The number of aliphatic carboxylic acids is 1. The number of carboxylic acid groups (broad SMARTS) is 1. The van der Waals surface area contributed by atoms with Gasteiger partial charge in [-0.25, -0.2) is 4.57 Å². The third-order valence-corrected chi connectivity index (χ3v) is 1.78. The molecule has 92 valence electrons. The van der Waals surface area contributed by atoms with Gasteiger partial charge in [0.25, 0.3) is 0 Å². The van der Waals surface area contributed by atoms with E-state index in [-0.39, 0.29) is 13.0 Å². The first kappa shape index (κ1) is 17.0. The van der Waals surface area contributed by atoms with Crippen molar-refractivity contribution in [3.05, 3.63) is 0 Å². The van der Waals surface area contributed by atoms with Crippen LogP contribution in [0.1, 0.15) is 33.6 Å². The number of hydrogen-bond donors (Lipinski definition) is 3. The second-order valence-electron chi connectivity index (χ2n) is 3.25. The quantitative estimate of drug-likeness (QED) is 0.633. The van der Waals surface area contributed by atoms with E-state index >= 15 is 0 Å². The van der Waals surface area contributed by atoms with Crippen molar-refractivity contribution in [2.45, 2.75) is 33.6 Å². The van der Waals surface area contributed by atoms with Crippen LogP contribution < -0.4 is 0 Å². The molecule has 7 heteroatoms. The minimum Gasteiger partial charge on any atom is -0.481 e. The smallest absolute Gasteiger partial charge is 0.469 e. The Morgan fingerprint density at radius 1 is 1.40 bits per heavy atom. The Morgan fingerprint density at radius 3 is 2.00 bits per heavy atom. The summed E-state index contributed by atoms with van der Waals surface area (Å²) >= 11 is 0. The molecule has 3 N–H and O–H groups in total. The lowest BCUT2D eigenvalue weighted by Crippen LogP contribution is -1.96. The monoisotopic (exact) mass is 242 g/mol. The molecule has 0 unspecified atom stereocenters. The molecule has 0 amide bonds. The van der Waals surface area contributed by atoms with Crippen LogP contribution in [0.3, 0.4) is 0 Å². The average Bonchev–Trinajstić information content (AvgIpc) is 2.02. The summed E-state index contributed by atoms with van der Waals surface area (Å²) in [5.41, 5.74) is 0. The van der Waals surface area contributed by atoms with Crippen LogP contribution >= 0.6 is 7.82 Å². The SMILES string of the molecule is CC(C)CCOP(=O)(O)O.CCC(=O)O. The van der Waals surface area contributed by atoms with E-state index < -0.39 is 13.8 Å². The number of carboxylic acids is 1. The lowest BCUT2D eigenvalue weighted by molar-refractivity contribution is -0.136. The van der Waals surface area contributed by atoms with Crippen molar-refractivity contribution in [3.63, 3.8) is 0 Å². The first-order valence-corrected chi connectivity index (χ1v) is 6.14. The van der Waals surface area contributed by atoms with E-state index in [1.54, 1.807) is 6.92 Å². The molecule has 0 aliphatic rings. The van der Waals surface area contributed by atoms with E-state index in [4.69, 9.17) is 14.9 Å². The molecule has 0 heterocycles. The highest BCUT2D eigenvalue weighted by Gasteiger charge is 2.12. The molecular weight excluding hydrogens is 223 g/mol. The predicted octanol–water partition coefficient (Wildman–Crippen LogP) is 1.62. The molecule has 0 aromatic carbocycles. The lowest BCUT2D eigenvalue weighted by Gasteiger charge is -2.05. The summed E-state index contributed by atoms with van der Waals surface area (Å²) in [7, 11) is -4.22. The Kier molecular flexibility index (Phi) is 10.0. The second kappa shape index (κ2) is 8.85. The van der Waals surface area contributed by atoms with Gasteiger partial charge in [-0.15, -0.1) is 0 Å². The van der Waals surface area contributed by atoms with Gasteiger partial charge in [-0.2, -0.15) is 0 Å². The van der Waals surface area contributed by atoms with Crippen LogP contribution in [0.4, 0.5) is 0 Å². The normalized spacial score (nSPS) is 10.8. The van der Waals surface area contributed by atoms with Crippen molar-refractivity contribution in [1.82, 2.24) is 0 Å². The molecule has 0 aromatic heterocycles. The fraction of sp³-hybridized carbons (Fsp3) is 0.875. The standard InChI is InChI=1S/C5H13O4P.C3H6O2/c1-5(2)3-4-9-10(6,7)8;1-2-3(4)5/h5H,3-4H2,1-2H3,(H2,6,7,8);2H2,1H3,(H,4,5). The van der Waals surface area contributed by atoms with Gasteiger partial charge in [-0.1, -0.05) is 20.8 Å². The lowest BCUT2D eigenvalue weighted by atomic mass is 10.2. The molecule has 0 aliphatic heterocycles. The number of rotatable bonds is 5. The van der Waals surface area contributed by atoms with Crippen molar-refractivity contribution < 1.29 is 28.8 Å². The Labute approximate surface area is 89.5 Å². The maximum Gasteiger partial charge on any atom is 0.469 e. The zero-order valence-electron chi connectivity index (χ0n) is 9.21. The molecule has 0 spiro atoms. The molecule has 0 rings (SSSR count). The molecule has 0 atom stereocenters. The fourth-order valence-electron chi connectivity index (χ4n) is 0.407. The molecule has 0 aromatic rings. The topological polar surface area (TPSA) is 104 Å². The molecule has 0 saturated heterocycles. The van der Waals surface area contributed by atoms with Crippen LogP contribution in [-0.4, -0.2) is 27.5 Å². The number of hydrogen-bond acceptors (Lipinski definition) is 3. The van der Waals surface area contributed by atoms with Crippen LogP contribution in [0.5, 0.6) is 0 Å². The van der Waals surface area contributed by atoms with Crippen molar-refractivity contribution >= 4 is 13.8 Å². The van der Waals surface area contributed by atoms with Gasteiger partial charge >= 0.3 is 13.8 Å². The van der Waals surface area contributed by atoms with Crippen LogP contribution in [0.25, 0.3) is 0 Å². The molecule has 0 bridgehead atoms. The molecule has 0 radical (unpaired) electrons. The van der Waals surface area contributed by atoms with Crippen LogP contribution in [-0.2, 0) is 13.9 Å². The summed E-state index contributed by atoms with van der Waals surface area (Å²) in [6.07, 6.45) is 0.894. The summed E-state index contributed by atoms with van der Waals surface area (Å²) < 4.78 is 14.3. The zero-order chi connectivity index (χ0) is 12.5. The van der Waals surface area contributed by atoms with Gasteiger partial charge in [0.05, 0.1) is 6.61 Å². The Bertz CT molecular complexity index is 209. The number of carbonyl (C=O) groups is 1. The van der Waals surface area contributed by atoms with Crippen molar-refractivity contribution in [1.29, 1.82) is 0 Å². The summed E-state index contributed by atoms with van der Waals surface area (Å²) in [5.74, 6) is -0.337. The number of phosphoric acid groups is 1. The summed E-state index contributed by atoms with van der Waals surface area (Å²) in [4.78, 5) is 25.8. The average molecular weight is 242 g/mol. The Morgan fingerprint density at radius 2 is 1.80 bits per heavy atom. The molecular formula is C8H19O6P. The van der Waals surface area contributed by atoms with E-state index in [0.717, 1.165) is 0 Å². The second-order valence-corrected chi connectivity index (χ2v) is 4.49. The third kappa shape index (κ3) is 24.7. The zero-order valence-corrected chi connectivity index (χ0v) is 10.1. The van der Waals surface area contributed by atoms with Crippen LogP contribution in [0.15, 0.2) is 0 Å². The number of phosphoric ester groups is 1. The van der Waals surface area contributed by atoms with Gasteiger partial charge in [0, 0.05) is 6.42 Å². The Balaban J connectivity index is 0. The molecule has 0 fully saturated rings. The van der Waals surface area contributed by atoms with Crippen molar-refractivity contribution in [2.75, 3.05) is 6.61 Å². The first-order chi connectivity index (χ1) is 6.69. The fourth-order valence-corrected chi connectivity index (χ4v) is 0.751. The predicted molar refractivity (Wildman–Crippen MR) is 55.4 cm³/mol. The van der Waals surface area contributed by atoms with E-state index in [0.29, 0.717) is 12.3 Å². The maximum absolute atomic E-state index is 10.1. The van der Waals surface area contributed by atoms with Gasteiger partial charge in [-0.05, 0) is 12.3 Å². The molecule has 6 nitrogen and oxygen atoms in total. The van der Waals surface area contributed by atoms with Gasteiger partial charge in [0.15, 0.2) is 0 Å². The van der Waals surface area contributed by atoms with Gasteiger partial charge in [-0.3, -0.25) is 9.32 Å². The molecule has 15 heavy (non-hydrogen) atoms. The minimum atomic E-state index is -4.22. The van der Waals surface area contributed by atoms with Crippen molar-refractivity contribution in [2.24, 2.45) is 5.92 Å². The minimum absolute atomic E-state index is 0.127. The Hall–Kier alpha value is -0.420. The third-order valence-electron chi connectivity index (χ3n) is 1.26. The van der Waals surface area contributed by atoms with Gasteiger partial charge < -0.3 is 14.9 Å². The highest BCUT2D eigenvalue weighted by Crippen LogP contribution is 2.35. The highest BCUT2D eigenvalue weighted by atomic mass is 31.2. The highest BCUT2D eigenvalue weighted by molar-refractivity contribution is 7.46. The van der Waals surface area contributed by atoms with Crippen molar-refractivity contribution in [3.8, 4) is 0 Å². The summed E-state index contributed by atoms with van der Waals surface area (Å²) in [6, 6.07) is 0. The van der Waals surface area contributed by atoms with Crippen LogP contribution in [0.2, 0.25) is 0 Å². The van der Waals surface area contributed by atoms with E-state index in [2.05, 4.69) is 4.52 Å². The van der Waals surface area contributed by atoms with Gasteiger partial charge in [0.2, 0.25) is 0 Å². The molecule has 0 aliphatic carbocycles. The van der Waals surface area contributed by atoms with Gasteiger partial charge in [0.1, 0.15) is 0 Å². The van der Waals surface area contributed by atoms with Crippen LogP contribution in [0, 0.1) is 5.92 Å². The molecule has 0 saturated carbocycles. The first-order valence-electron chi connectivity index (χ1n) is 4.61. The summed E-state index contributed by atoms with van der Waals surface area (Å²) in [5, 5.41) is 7.72. The maximum atomic E-state index is 10.1. The van der Waals surface area contributed by atoms with E-state index in [1.165, 1.54) is 0 Å². The van der Waals surface area contributed by atoms with E-state index in [1.807, 2.05) is 13.8 Å². The largest absolute Gasteiger partial charge is 0.481 e. The summed E-state index contributed by atoms with van der Waals surface area (Å²) in [6.45, 7) is 5.65. The van der Waals surface area contributed by atoms with E-state index in [9.17, 15) is 9.36 Å².